The van der Waals surface area contributed by atoms with Crippen LogP contribution >= 0.6 is 0 Å². The molecule has 0 bridgehead atoms. The molecular formula is C27H22N6O2. The molecule has 0 amide bonds. The van der Waals surface area contributed by atoms with Crippen molar-refractivity contribution in [1.29, 1.82) is 0 Å². The number of aromatic nitrogens is 3. The second kappa shape index (κ2) is 9.80. The lowest BCUT2D eigenvalue weighted by molar-refractivity contribution is 0.475. The van der Waals surface area contributed by atoms with Crippen LogP contribution in [0.1, 0.15) is 0 Å². The van der Waals surface area contributed by atoms with Gasteiger partial charge in [0.25, 0.3) is 0 Å². The molecule has 0 fully saturated rings. The van der Waals surface area contributed by atoms with Crippen LogP contribution in [0.2, 0.25) is 0 Å². The van der Waals surface area contributed by atoms with E-state index in [0.717, 1.165) is 11.4 Å². The molecule has 8 heteroatoms. The number of hydrogen-bond acceptors (Lipinski definition) is 8. The molecule has 0 aliphatic heterocycles. The molecule has 0 radical (unpaired) electrons. The smallest absolute Gasteiger partial charge is 0.241 e. The van der Waals surface area contributed by atoms with Gasteiger partial charge in [0, 0.05) is 22.7 Å². The molecule has 1 heterocycles. The predicted octanol–water partition coefficient (Wildman–Crippen LogP) is 6.24. The fourth-order valence-electron chi connectivity index (χ4n) is 3.46. The Balaban J connectivity index is 1.60. The van der Waals surface area contributed by atoms with Crippen molar-refractivity contribution in [3.8, 4) is 11.5 Å². The van der Waals surface area contributed by atoms with Crippen molar-refractivity contribution in [3.05, 3.63) is 109 Å². The Kier molecular flexibility index (Phi) is 6.08. The maximum absolute atomic E-state index is 9.62. The van der Waals surface area contributed by atoms with Crippen LogP contribution in [-0.4, -0.2) is 25.2 Å². The normalized spacial score (nSPS) is 10.5. The molecule has 0 unspecified atom stereocenters. The summed E-state index contributed by atoms with van der Waals surface area (Å²) in [5.74, 6) is 1.37. The maximum Gasteiger partial charge on any atom is 0.241 e. The summed E-state index contributed by atoms with van der Waals surface area (Å²) in [7, 11) is 0. The van der Waals surface area contributed by atoms with Crippen LogP contribution in [0.5, 0.6) is 11.5 Å². The zero-order chi connectivity index (χ0) is 24.0. The van der Waals surface area contributed by atoms with E-state index in [4.69, 9.17) is 9.97 Å². The number of nitrogens with zero attached hydrogens (tertiary/aromatic N) is 4. The molecule has 35 heavy (non-hydrogen) atoms. The molecule has 0 aliphatic carbocycles. The van der Waals surface area contributed by atoms with Crippen LogP contribution < -0.4 is 15.5 Å². The van der Waals surface area contributed by atoms with E-state index in [0.29, 0.717) is 29.2 Å². The Morgan fingerprint density at radius 2 is 0.886 bits per heavy atom. The third kappa shape index (κ3) is 5.28. The second-order valence-electron chi connectivity index (χ2n) is 7.63. The molecular weight excluding hydrogens is 440 g/mol. The molecule has 0 atom stereocenters. The lowest BCUT2D eigenvalue weighted by Crippen LogP contribution is -2.16. The molecule has 5 aromatic rings. The van der Waals surface area contributed by atoms with E-state index in [1.54, 1.807) is 48.5 Å². The Bertz CT molecular complexity index is 1290. The number of benzene rings is 4. The van der Waals surface area contributed by atoms with Crippen molar-refractivity contribution in [3.63, 3.8) is 0 Å². The van der Waals surface area contributed by atoms with Gasteiger partial charge in [-0.15, -0.1) is 0 Å². The number of anilines is 7. The highest BCUT2D eigenvalue weighted by molar-refractivity contribution is 5.74. The lowest BCUT2D eigenvalue weighted by atomic mass is 10.2. The molecule has 1 aromatic heterocycles. The molecule has 4 aromatic carbocycles. The van der Waals surface area contributed by atoms with Crippen LogP contribution in [0.25, 0.3) is 0 Å². The summed E-state index contributed by atoms with van der Waals surface area (Å²) in [5.41, 5.74) is 3.19. The van der Waals surface area contributed by atoms with E-state index in [1.165, 1.54) is 0 Å². The first-order valence-corrected chi connectivity index (χ1v) is 10.9. The van der Waals surface area contributed by atoms with Crippen LogP contribution in [-0.2, 0) is 0 Å². The lowest BCUT2D eigenvalue weighted by Gasteiger charge is -2.24. The monoisotopic (exact) mass is 462 g/mol. The molecule has 0 aliphatic rings. The number of phenolic OH excluding ortho intramolecular Hbond substituents is 2. The van der Waals surface area contributed by atoms with Crippen molar-refractivity contribution in [2.45, 2.75) is 0 Å². The van der Waals surface area contributed by atoms with Gasteiger partial charge in [-0.1, -0.05) is 36.4 Å². The molecule has 5 rings (SSSR count). The number of hydrogen-bond donors (Lipinski definition) is 4. The zero-order valence-corrected chi connectivity index (χ0v) is 18.6. The fourth-order valence-corrected chi connectivity index (χ4v) is 3.46. The van der Waals surface area contributed by atoms with Crippen LogP contribution in [0.4, 0.5) is 40.6 Å². The Hall–Kier alpha value is -5.11. The number of phenols is 2. The van der Waals surface area contributed by atoms with Gasteiger partial charge < -0.3 is 20.8 Å². The molecule has 4 N–H and O–H groups in total. The molecule has 0 spiro atoms. The average molecular weight is 463 g/mol. The highest BCUT2D eigenvalue weighted by Gasteiger charge is 2.18. The highest BCUT2D eigenvalue weighted by atomic mass is 16.3. The number of aromatic hydroxyl groups is 2. The Morgan fingerprint density at radius 3 is 1.29 bits per heavy atom. The van der Waals surface area contributed by atoms with Crippen LogP contribution in [0.15, 0.2) is 109 Å². The first-order chi connectivity index (χ1) is 17.1. The predicted molar refractivity (Wildman–Crippen MR) is 137 cm³/mol. The van der Waals surface area contributed by atoms with Gasteiger partial charge in [0.15, 0.2) is 0 Å². The van der Waals surface area contributed by atoms with E-state index in [2.05, 4.69) is 15.6 Å². The summed E-state index contributed by atoms with van der Waals surface area (Å²) in [6.07, 6.45) is 0. The van der Waals surface area contributed by atoms with Crippen molar-refractivity contribution in [2.75, 3.05) is 15.5 Å². The van der Waals surface area contributed by atoms with Gasteiger partial charge in [-0.3, -0.25) is 4.90 Å². The van der Waals surface area contributed by atoms with Gasteiger partial charge in [-0.05, 0) is 72.8 Å². The first-order valence-electron chi connectivity index (χ1n) is 10.9. The summed E-state index contributed by atoms with van der Waals surface area (Å²) >= 11 is 0. The Morgan fingerprint density at radius 1 is 0.486 bits per heavy atom. The van der Waals surface area contributed by atoms with Gasteiger partial charge in [-0.2, -0.15) is 15.0 Å². The largest absolute Gasteiger partial charge is 0.508 e. The van der Waals surface area contributed by atoms with Crippen molar-refractivity contribution in [2.24, 2.45) is 0 Å². The SMILES string of the molecule is Oc1ccc(Nc2nc(Nc3ccc(O)cc3)nc(N(c3ccccc3)c3ccccc3)n2)cc1. The number of para-hydroxylation sites is 2. The van der Waals surface area contributed by atoms with Gasteiger partial charge in [-0.25, -0.2) is 0 Å². The minimum atomic E-state index is 0.168. The summed E-state index contributed by atoms with van der Waals surface area (Å²) in [4.78, 5) is 15.9. The summed E-state index contributed by atoms with van der Waals surface area (Å²) in [6.45, 7) is 0. The van der Waals surface area contributed by atoms with E-state index >= 15 is 0 Å². The number of rotatable bonds is 7. The third-order valence-corrected chi connectivity index (χ3v) is 5.10. The summed E-state index contributed by atoms with van der Waals surface area (Å²) in [5, 5.41) is 25.6. The summed E-state index contributed by atoms with van der Waals surface area (Å²) < 4.78 is 0. The van der Waals surface area contributed by atoms with Gasteiger partial charge >= 0.3 is 0 Å². The number of nitrogens with one attached hydrogen (secondary N) is 2. The van der Waals surface area contributed by atoms with Crippen molar-refractivity contribution < 1.29 is 10.2 Å². The Labute approximate surface area is 202 Å². The van der Waals surface area contributed by atoms with E-state index in [9.17, 15) is 10.2 Å². The molecule has 172 valence electrons. The minimum Gasteiger partial charge on any atom is -0.508 e. The molecule has 0 saturated heterocycles. The van der Waals surface area contributed by atoms with E-state index < -0.39 is 0 Å². The minimum absolute atomic E-state index is 0.168. The van der Waals surface area contributed by atoms with Crippen molar-refractivity contribution >= 4 is 40.6 Å². The third-order valence-electron chi connectivity index (χ3n) is 5.10. The first kappa shape index (κ1) is 21.7. The molecule has 0 saturated carbocycles. The zero-order valence-electron chi connectivity index (χ0n) is 18.6. The van der Waals surface area contributed by atoms with Crippen LogP contribution in [0, 0.1) is 0 Å². The van der Waals surface area contributed by atoms with E-state index in [1.807, 2.05) is 65.6 Å². The fraction of sp³-hybridized carbons (Fsp3) is 0. The standard InChI is InChI=1S/C27H22N6O2/c34-23-15-11-19(12-16-23)28-25-30-26(29-20-13-17-24(35)18-14-20)32-27(31-25)33(21-7-3-1-4-8-21)22-9-5-2-6-10-22/h1-18,34-35H,(H2,28,29,30,31,32). The van der Waals surface area contributed by atoms with Crippen LogP contribution in [0.3, 0.4) is 0 Å². The van der Waals surface area contributed by atoms with Crippen molar-refractivity contribution in [1.82, 2.24) is 15.0 Å². The second-order valence-corrected chi connectivity index (χ2v) is 7.63. The summed E-state index contributed by atoms with van der Waals surface area (Å²) in [6, 6.07) is 32.9. The topological polar surface area (TPSA) is 106 Å². The quantitative estimate of drug-likeness (QED) is 0.211. The van der Waals surface area contributed by atoms with E-state index in [-0.39, 0.29) is 11.5 Å². The maximum atomic E-state index is 9.62. The van der Waals surface area contributed by atoms with Gasteiger partial charge in [0.1, 0.15) is 11.5 Å². The van der Waals surface area contributed by atoms with Gasteiger partial charge in [0.05, 0.1) is 0 Å². The highest BCUT2D eigenvalue weighted by Crippen LogP contribution is 2.33. The van der Waals surface area contributed by atoms with Gasteiger partial charge in [0.2, 0.25) is 17.8 Å². The molecule has 8 nitrogen and oxygen atoms in total. The average Bonchev–Trinajstić information content (AvgIpc) is 2.88.